The number of aryl methyl sites for hydroxylation is 1. The molecule has 1 aromatic heterocycles. The summed E-state index contributed by atoms with van der Waals surface area (Å²) in [5, 5.41) is 14.6. The van der Waals surface area contributed by atoms with E-state index in [0.717, 1.165) is 5.56 Å². The van der Waals surface area contributed by atoms with Crippen LogP contribution in [0.5, 0.6) is 0 Å². The molecule has 0 bridgehead atoms. The first-order chi connectivity index (χ1) is 7.44. The van der Waals surface area contributed by atoms with Gasteiger partial charge in [-0.3, -0.25) is 4.79 Å². The summed E-state index contributed by atoms with van der Waals surface area (Å²) in [6, 6.07) is 1.85. The first kappa shape index (κ1) is 13.5. The molecule has 1 aromatic rings. The van der Waals surface area contributed by atoms with E-state index in [1.165, 1.54) is 11.3 Å². The fourth-order valence-corrected chi connectivity index (χ4v) is 2.81. The number of nitrogens with one attached hydrogen (secondary N) is 1. The van der Waals surface area contributed by atoms with Crippen LogP contribution in [0.25, 0.3) is 0 Å². The van der Waals surface area contributed by atoms with Crippen molar-refractivity contribution in [1.82, 2.24) is 5.32 Å². The molecule has 0 aliphatic carbocycles. The van der Waals surface area contributed by atoms with Crippen molar-refractivity contribution in [1.29, 1.82) is 0 Å². The largest absolute Gasteiger partial charge is 0.387 e. The van der Waals surface area contributed by atoms with Gasteiger partial charge in [0.1, 0.15) is 0 Å². The second-order valence-corrected chi connectivity index (χ2v) is 5.88. The monoisotopic (exact) mass is 259 g/mol. The van der Waals surface area contributed by atoms with Crippen molar-refractivity contribution >= 4 is 29.0 Å². The Labute approximate surface area is 104 Å². The van der Waals surface area contributed by atoms with Crippen molar-refractivity contribution in [2.75, 3.05) is 18.6 Å². The van der Waals surface area contributed by atoms with E-state index >= 15 is 0 Å². The molecule has 2 N–H and O–H groups in total. The van der Waals surface area contributed by atoms with E-state index in [1.54, 1.807) is 18.7 Å². The van der Waals surface area contributed by atoms with Crippen LogP contribution in [0.4, 0.5) is 0 Å². The van der Waals surface area contributed by atoms with Gasteiger partial charge in [-0.05, 0) is 37.1 Å². The van der Waals surface area contributed by atoms with Gasteiger partial charge in [0.2, 0.25) is 0 Å². The number of aliphatic hydroxyl groups is 1. The van der Waals surface area contributed by atoms with Gasteiger partial charge in [0.05, 0.1) is 10.5 Å². The molecule has 5 heteroatoms. The maximum Gasteiger partial charge on any atom is 0.261 e. The number of hydrogen-bond acceptors (Lipinski definition) is 4. The average Bonchev–Trinajstić information content (AvgIpc) is 2.61. The fraction of sp³-hybridized carbons (Fsp3) is 0.545. The first-order valence-corrected chi connectivity index (χ1v) is 7.26. The molecular formula is C11H17NO2S2. The predicted molar refractivity (Wildman–Crippen MR) is 70.4 cm³/mol. The third kappa shape index (κ3) is 4.15. The molecule has 0 saturated heterocycles. The third-order valence-corrected chi connectivity index (χ3v) is 4.00. The topological polar surface area (TPSA) is 49.3 Å². The van der Waals surface area contributed by atoms with Crippen molar-refractivity contribution in [3.05, 3.63) is 21.9 Å². The highest BCUT2D eigenvalue weighted by Gasteiger charge is 2.21. The molecule has 0 aliphatic heterocycles. The van der Waals surface area contributed by atoms with Crippen LogP contribution in [0, 0.1) is 6.92 Å². The van der Waals surface area contributed by atoms with Gasteiger partial charge in [0, 0.05) is 12.3 Å². The summed E-state index contributed by atoms with van der Waals surface area (Å²) in [7, 11) is 0. The lowest BCUT2D eigenvalue weighted by molar-refractivity contribution is 0.0727. The van der Waals surface area contributed by atoms with E-state index in [-0.39, 0.29) is 12.5 Å². The molecule has 1 rings (SSSR count). The van der Waals surface area contributed by atoms with Crippen LogP contribution in [0.15, 0.2) is 11.4 Å². The van der Waals surface area contributed by atoms with Crippen LogP contribution in [0.1, 0.15) is 22.2 Å². The molecule has 3 nitrogen and oxygen atoms in total. The van der Waals surface area contributed by atoms with Gasteiger partial charge in [-0.25, -0.2) is 0 Å². The van der Waals surface area contributed by atoms with Crippen LogP contribution < -0.4 is 5.32 Å². The molecule has 0 aliphatic rings. The smallest absolute Gasteiger partial charge is 0.261 e. The molecule has 1 amide bonds. The van der Waals surface area contributed by atoms with Crippen LogP contribution in [0.2, 0.25) is 0 Å². The Bertz CT molecular complexity index is 361. The van der Waals surface area contributed by atoms with E-state index in [9.17, 15) is 9.90 Å². The minimum Gasteiger partial charge on any atom is -0.387 e. The van der Waals surface area contributed by atoms with Gasteiger partial charge in [0.25, 0.3) is 5.91 Å². The van der Waals surface area contributed by atoms with E-state index in [2.05, 4.69) is 5.32 Å². The highest BCUT2D eigenvalue weighted by molar-refractivity contribution is 7.98. The van der Waals surface area contributed by atoms with Crippen LogP contribution in [-0.4, -0.2) is 35.2 Å². The van der Waals surface area contributed by atoms with Gasteiger partial charge < -0.3 is 10.4 Å². The summed E-state index contributed by atoms with van der Waals surface area (Å²) >= 11 is 2.98. The lowest BCUT2D eigenvalue weighted by Gasteiger charge is -2.22. The second-order valence-electron chi connectivity index (χ2n) is 4.10. The number of rotatable bonds is 5. The van der Waals surface area contributed by atoms with E-state index < -0.39 is 5.60 Å². The van der Waals surface area contributed by atoms with Crippen molar-refractivity contribution < 1.29 is 9.90 Å². The third-order valence-electron chi connectivity index (χ3n) is 2.04. The van der Waals surface area contributed by atoms with Crippen molar-refractivity contribution in [2.45, 2.75) is 19.4 Å². The Kier molecular flexibility index (Phi) is 4.83. The molecule has 0 saturated carbocycles. The average molecular weight is 259 g/mol. The standard InChI is InChI=1S/C11H17NO2S2/c1-8-4-9(16-5-8)10(13)12-6-11(2,14)7-15-3/h4-5,14H,6-7H2,1-3H3,(H,12,13)/t11-/m0/s1. The van der Waals surface area contributed by atoms with Crippen molar-refractivity contribution in [3.8, 4) is 0 Å². The highest BCUT2D eigenvalue weighted by Crippen LogP contribution is 2.14. The minimum absolute atomic E-state index is 0.112. The minimum atomic E-state index is -0.846. The summed E-state index contributed by atoms with van der Waals surface area (Å²) in [5.41, 5.74) is 0.243. The number of thioether (sulfide) groups is 1. The van der Waals surface area contributed by atoms with Crippen LogP contribution >= 0.6 is 23.1 Å². The number of amides is 1. The Morgan fingerprint density at radius 3 is 2.88 bits per heavy atom. The lowest BCUT2D eigenvalue weighted by atomic mass is 10.1. The molecule has 0 aromatic carbocycles. The van der Waals surface area contributed by atoms with Crippen LogP contribution in [0.3, 0.4) is 0 Å². The van der Waals surface area contributed by atoms with Crippen molar-refractivity contribution in [2.24, 2.45) is 0 Å². The lowest BCUT2D eigenvalue weighted by Crippen LogP contribution is -2.42. The molecule has 90 valence electrons. The maximum absolute atomic E-state index is 11.7. The Morgan fingerprint density at radius 2 is 2.38 bits per heavy atom. The van der Waals surface area contributed by atoms with Gasteiger partial charge >= 0.3 is 0 Å². The number of carbonyl (C=O) groups excluding carboxylic acids is 1. The van der Waals surface area contributed by atoms with Gasteiger partial charge in [-0.15, -0.1) is 11.3 Å². The molecular weight excluding hydrogens is 242 g/mol. The zero-order valence-corrected chi connectivity index (χ0v) is 11.4. The molecule has 1 heterocycles. The summed E-state index contributed by atoms with van der Waals surface area (Å²) in [5.74, 6) is 0.496. The fourth-order valence-electron chi connectivity index (χ4n) is 1.27. The van der Waals surface area contributed by atoms with Gasteiger partial charge in [0.15, 0.2) is 0 Å². The quantitative estimate of drug-likeness (QED) is 0.849. The zero-order chi connectivity index (χ0) is 12.2. The van der Waals surface area contributed by atoms with E-state index in [0.29, 0.717) is 10.6 Å². The molecule has 0 unspecified atom stereocenters. The normalized spacial score (nSPS) is 14.5. The zero-order valence-electron chi connectivity index (χ0n) is 9.74. The molecule has 0 radical (unpaired) electrons. The molecule has 16 heavy (non-hydrogen) atoms. The number of hydrogen-bond donors (Lipinski definition) is 2. The number of carbonyl (C=O) groups is 1. The Morgan fingerprint density at radius 1 is 1.69 bits per heavy atom. The summed E-state index contributed by atoms with van der Waals surface area (Å²) < 4.78 is 0. The predicted octanol–water partition coefficient (Wildman–Crippen LogP) is 1.90. The van der Waals surface area contributed by atoms with Gasteiger partial charge in [-0.2, -0.15) is 11.8 Å². The second kappa shape index (κ2) is 5.70. The van der Waals surface area contributed by atoms with Gasteiger partial charge in [-0.1, -0.05) is 0 Å². The SMILES string of the molecule is CSC[C@@](C)(O)CNC(=O)c1cc(C)cs1. The summed E-state index contributed by atoms with van der Waals surface area (Å²) in [6.45, 7) is 3.96. The van der Waals surface area contributed by atoms with Crippen molar-refractivity contribution in [3.63, 3.8) is 0 Å². The number of thiophene rings is 1. The first-order valence-electron chi connectivity index (χ1n) is 4.99. The summed E-state index contributed by atoms with van der Waals surface area (Å²) in [6.07, 6.45) is 1.93. The molecule has 1 atom stereocenters. The molecule has 0 fully saturated rings. The van der Waals surface area contributed by atoms with Crippen LogP contribution in [-0.2, 0) is 0 Å². The Balaban J connectivity index is 2.47. The Hall–Kier alpha value is -0.520. The van der Waals surface area contributed by atoms with E-state index in [4.69, 9.17) is 0 Å². The summed E-state index contributed by atoms with van der Waals surface area (Å²) in [4.78, 5) is 12.4. The van der Waals surface area contributed by atoms with E-state index in [1.807, 2.05) is 24.6 Å². The molecule has 0 spiro atoms. The maximum atomic E-state index is 11.7. The highest BCUT2D eigenvalue weighted by atomic mass is 32.2.